The third-order valence-corrected chi connectivity index (χ3v) is 4.37. The molecule has 1 aromatic heterocycles. The number of carbonyl (C=O) groups is 1. The molecule has 28 heavy (non-hydrogen) atoms. The lowest BCUT2D eigenvalue weighted by atomic mass is 9.90. The molecule has 0 aliphatic heterocycles. The van der Waals surface area contributed by atoms with Gasteiger partial charge in [-0.25, -0.2) is 4.79 Å². The molecule has 1 heterocycles. The lowest BCUT2D eigenvalue weighted by molar-refractivity contribution is -0.139. The van der Waals surface area contributed by atoms with Crippen LogP contribution in [-0.4, -0.2) is 24.7 Å². The summed E-state index contributed by atoms with van der Waals surface area (Å²) < 4.78 is 50.7. The van der Waals surface area contributed by atoms with Gasteiger partial charge in [0.25, 0.3) is 0 Å². The zero-order chi connectivity index (χ0) is 20.3. The fourth-order valence-corrected chi connectivity index (χ4v) is 3.09. The van der Waals surface area contributed by atoms with E-state index in [1.807, 2.05) is 0 Å². The average Bonchev–Trinajstić information content (AvgIpc) is 3.13. The van der Waals surface area contributed by atoms with Gasteiger partial charge in [-0.2, -0.15) is 13.2 Å². The first-order valence-electron chi connectivity index (χ1n) is 8.62. The molecule has 1 unspecified atom stereocenters. The number of hydrogen-bond donors (Lipinski definition) is 0. The van der Waals surface area contributed by atoms with Crippen molar-refractivity contribution in [3.05, 3.63) is 77.1 Å². The Bertz CT molecular complexity index is 931. The summed E-state index contributed by atoms with van der Waals surface area (Å²) >= 11 is 0. The first kappa shape index (κ1) is 19.7. The second-order valence-electron chi connectivity index (χ2n) is 6.08. The number of halogens is 3. The van der Waals surface area contributed by atoms with Crippen molar-refractivity contribution in [2.24, 2.45) is 0 Å². The average molecular weight is 389 g/mol. The summed E-state index contributed by atoms with van der Waals surface area (Å²) in [5.74, 6) is -0.794. The van der Waals surface area contributed by atoms with Gasteiger partial charge < -0.3 is 9.47 Å². The molecule has 0 spiro atoms. The Kier molecular flexibility index (Phi) is 5.53. The Morgan fingerprint density at radius 1 is 1.18 bits per heavy atom. The first-order chi connectivity index (χ1) is 13.3. The van der Waals surface area contributed by atoms with Crippen LogP contribution < -0.4 is 4.74 Å². The zero-order valence-corrected chi connectivity index (χ0v) is 15.3. The van der Waals surface area contributed by atoms with Crippen molar-refractivity contribution in [3.63, 3.8) is 0 Å². The van der Waals surface area contributed by atoms with Crippen LogP contribution in [0.3, 0.4) is 0 Å². The summed E-state index contributed by atoms with van der Waals surface area (Å²) in [6.07, 6.45) is -0.226. The van der Waals surface area contributed by atoms with Crippen LogP contribution in [0.15, 0.2) is 60.3 Å². The molecular weight excluding hydrogens is 371 g/mol. The predicted molar refractivity (Wildman–Crippen MR) is 97.7 cm³/mol. The van der Waals surface area contributed by atoms with Crippen molar-refractivity contribution in [3.8, 4) is 5.75 Å². The highest BCUT2D eigenvalue weighted by atomic mass is 19.4. The molecule has 2 aromatic rings. The predicted octanol–water partition coefficient (Wildman–Crippen LogP) is 4.78. The minimum absolute atomic E-state index is 0.156. The normalized spacial score (nSPS) is 16.4. The second-order valence-corrected chi connectivity index (χ2v) is 6.08. The van der Waals surface area contributed by atoms with Crippen molar-refractivity contribution in [1.29, 1.82) is 0 Å². The minimum Gasteiger partial charge on any atom is -0.497 e. The second kappa shape index (κ2) is 7.88. The highest BCUT2D eigenvalue weighted by Crippen LogP contribution is 2.44. The minimum atomic E-state index is -4.56. The number of carbonyl (C=O) groups excluding carboxylic acids is 1. The number of aromatic nitrogens is 1. The van der Waals surface area contributed by atoms with E-state index >= 15 is 0 Å². The molecule has 0 N–H and O–H groups in total. The highest BCUT2D eigenvalue weighted by Gasteiger charge is 2.38. The van der Waals surface area contributed by atoms with Gasteiger partial charge in [-0.1, -0.05) is 18.2 Å². The van der Waals surface area contributed by atoms with Gasteiger partial charge in [0.1, 0.15) is 5.75 Å². The Morgan fingerprint density at radius 3 is 2.50 bits per heavy atom. The van der Waals surface area contributed by atoms with Crippen LogP contribution in [0.2, 0.25) is 0 Å². The van der Waals surface area contributed by atoms with Crippen molar-refractivity contribution in [2.45, 2.75) is 19.0 Å². The number of methoxy groups -OCH3 is 1. The number of alkyl halides is 3. The maximum atomic E-state index is 13.5. The summed E-state index contributed by atoms with van der Waals surface area (Å²) in [6.45, 7) is 1.84. The number of ether oxygens (including phenoxy) is 2. The molecule has 1 atom stereocenters. The molecule has 0 saturated heterocycles. The summed E-state index contributed by atoms with van der Waals surface area (Å²) in [5.41, 5.74) is 0.420. The number of esters is 1. The van der Waals surface area contributed by atoms with Crippen LogP contribution in [-0.2, 0) is 15.7 Å². The van der Waals surface area contributed by atoms with Crippen LogP contribution in [0.25, 0.3) is 5.57 Å². The van der Waals surface area contributed by atoms with Crippen LogP contribution >= 0.6 is 0 Å². The summed E-state index contributed by atoms with van der Waals surface area (Å²) in [4.78, 5) is 16.2. The van der Waals surface area contributed by atoms with Gasteiger partial charge in [0.2, 0.25) is 0 Å². The highest BCUT2D eigenvalue weighted by molar-refractivity contribution is 5.98. The van der Waals surface area contributed by atoms with E-state index in [4.69, 9.17) is 9.47 Å². The van der Waals surface area contributed by atoms with Gasteiger partial charge >= 0.3 is 12.1 Å². The molecule has 0 bridgehead atoms. The molecule has 3 rings (SSSR count). The van der Waals surface area contributed by atoms with E-state index in [1.165, 1.54) is 25.4 Å². The molecule has 0 radical (unpaired) electrons. The topological polar surface area (TPSA) is 48.4 Å². The van der Waals surface area contributed by atoms with Gasteiger partial charge in [0.05, 0.1) is 30.5 Å². The quantitative estimate of drug-likeness (QED) is 0.691. The van der Waals surface area contributed by atoms with E-state index in [1.54, 1.807) is 37.3 Å². The van der Waals surface area contributed by atoms with Crippen LogP contribution in [0, 0.1) is 0 Å². The SMILES string of the molecule is CCOC(=O)C1=CC(c2ncccc2C(F)(F)F)C(c2ccc(OC)cc2)=C1. The summed E-state index contributed by atoms with van der Waals surface area (Å²) in [5, 5.41) is 0. The fourth-order valence-electron chi connectivity index (χ4n) is 3.09. The van der Waals surface area contributed by atoms with Crippen LogP contribution in [0.4, 0.5) is 13.2 Å². The molecular formula is C21H18F3NO3. The number of nitrogens with zero attached hydrogens (tertiary/aromatic N) is 1. The third kappa shape index (κ3) is 3.93. The van der Waals surface area contributed by atoms with Crippen molar-refractivity contribution in [1.82, 2.24) is 4.98 Å². The number of allylic oxidation sites excluding steroid dienone is 2. The standard InChI is InChI=1S/C21H18F3NO3/c1-3-28-20(26)14-11-16(13-6-8-15(27-2)9-7-13)17(12-14)19-18(21(22,23)24)5-4-10-25-19/h4-12,17H,3H2,1-2H3. The maximum Gasteiger partial charge on any atom is 0.418 e. The largest absolute Gasteiger partial charge is 0.497 e. The van der Waals surface area contributed by atoms with Gasteiger partial charge in [-0.05, 0) is 48.4 Å². The summed E-state index contributed by atoms with van der Waals surface area (Å²) in [7, 11) is 1.52. The number of rotatable bonds is 5. The van der Waals surface area contributed by atoms with E-state index in [0.717, 1.165) is 6.07 Å². The smallest absolute Gasteiger partial charge is 0.418 e. The van der Waals surface area contributed by atoms with Gasteiger partial charge in [-0.15, -0.1) is 0 Å². The molecule has 1 aliphatic carbocycles. The molecule has 0 amide bonds. The van der Waals surface area contributed by atoms with Crippen LogP contribution in [0.5, 0.6) is 5.75 Å². The molecule has 7 heteroatoms. The fraction of sp³-hybridized carbons (Fsp3) is 0.238. The summed E-state index contributed by atoms with van der Waals surface area (Å²) in [6, 6.07) is 9.11. The van der Waals surface area contributed by atoms with Crippen molar-refractivity contribution in [2.75, 3.05) is 13.7 Å². The monoisotopic (exact) mass is 389 g/mol. The van der Waals surface area contributed by atoms with Gasteiger partial charge in [0.15, 0.2) is 0 Å². The lowest BCUT2D eigenvalue weighted by Crippen LogP contribution is -2.13. The molecule has 0 fully saturated rings. The van der Waals surface area contributed by atoms with Crippen molar-refractivity contribution < 1.29 is 27.4 Å². The lowest BCUT2D eigenvalue weighted by Gasteiger charge is -2.18. The molecule has 0 saturated carbocycles. The Hall–Kier alpha value is -3.09. The third-order valence-electron chi connectivity index (χ3n) is 4.37. The van der Waals surface area contributed by atoms with Crippen LogP contribution in [0.1, 0.15) is 29.7 Å². The Labute approximate surface area is 160 Å². The van der Waals surface area contributed by atoms with E-state index in [9.17, 15) is 18.0 Å². The van der Waals surface area contributed by atoms with E-state index in [0.29, 0.717) is 16.9 Å². The number of pyridine rings is 1. The zero-order valence-electron chi connectivity index (χ0n) is 15.3. The number of hydrogen-bond acceptors (Lipinski definition) is 4. The number of benzene rings is 1. The Balaban J connectivity index is 2.11. The first-order valence-corrected chi connectivity index (χ1v) is 8.62. The van der Waals surface area contributed by atoms with E-state index < -0.39 is 23.6 Å². The molecule has 146 valence electrons. The Morgan fingerprint density at radius 2 is 1.89 bits per heavy atom. The molecule has 1 aliphatic rings. The van der Waals surface area contributed by atoms with Gasteiger partial charge in [-0.3, -0.25) is 4.98 Å². The van der Waals surface area contributed by atoms with E-state index in [-0.39, 0.29) is 17.9 Å². The van der Waals surface area contributed by atoms with E-state index in [2.05, 4.69) is 4.98 Å². The molecule has 1 aromatic carbocycles. The maximum absolute atomic E-state index is 13.5. The van der Waals surface area contributed by atoms with Crippen molar-refractivity contribution >= 4 is 11.5 Å². The van der Waals surface area contributed by atoms with Gasteiger partial charge in [0, 0.05) is 12.1 Å². The molecule has 4 nitrogen and oxygen atoms in total.